The van der Waals surface area contributed by atoms with Crippen molar-refractivity contribution in [2.45, 2.75) is 31.4 Å². The van der Waals surface area contributed by atoms with Crippen LogP contribution in [0.25, 0.3) is 0 Å². The summed E-state index contributed by atoms with van der Waals surface area (Å²) in [6.07, 6.45) is -1.22. The Morgan fingerprint density at radius 3 is 2.36 bits per heavy atom. The van der Waals surface area contributed by atoms with Gasteiger partial charge in [-0.25, -0.2) is 0 Å². The van der Waals surface area contributed by atoms with Gasteiger partial charge < -0.3 is 0 Å². The third-order valence-electron chi connectivity index (χ3n) is 3.16. The van der Waals surface area contributed by atoms with Crippen LogP contribution in [0.2, 0.25) is 4.82 Å². The SMILES string of the molecule is Cc1ccc(COC(=O)C([Se]c2ccccc2)C(C)F)cc1. The number of hydrogen-bond acceptors (Lipinski definition) is 2. The van der Waals surface area contributed by atoms with Crippen LogP contribution < -0.4 is 4.46 Å². The average molecular weight is 365 g/mol. The molecule has 0 spiro atoms. The summed E-state index contributed by atoms with van der Waals surface area (Å²) in [4.78, 5) is 11.5. The predicted octanol–water partition coefficient (Wildman–Crippen LogP) is 3.21. The number of aryl methyl sites for hydroxylation is 1. The van der Waals surface area contributed by atoms with Gasteiger partial charge in [-0.2, -0.15) is 0 Å². The van der Waals surface area contributed by atoms with Crippen molar-refractivity contribution < 1.29 is 13.9 Å². The summed E-state index contributed by atoms with van der Waals surface area (Å²) in [5.41, 5.74) is 2.06. The first kappa shape index (κ1) is 16.7. The van der Waals surface area contributed by atoms with Crippen molar-refractivity contribution >= 4 is 25.4 Å². The molecular formula is C18H19FO2Se. The first-order valence-electron chi connectivity index (χ1n) is 7.14. The topological polar surface area (TPSA) is 26.3 Å². The predicted molar refractivity (Wildman–Crippen MR) is 87.1 cm³/mol. The van der Waals surface area contributed by atoms with Crippen LogP contribution in [-0.2, 0) is 16.1 Å². The van der Waals surface area contributed by atoms with E-state index >= 15 is 0 Å². The first-order chi connectivity index (χ1) is 10.6. The molecule has 0 aromatic heterocycles. The summed E-state index contributed by atoms with van der Waals surface area (Å²) in [6, 6.07) is 17.3. The number of carbonyl (C=O) groups is 1. The van der Waals surface area contributed by atoms with Crippen LogP contribution in [0.4, 0.5) is 4.39 Å². The normalized spacial score (nSPS) is 13.4. The van der Waals surface area contributed by atoms with Gasteiger partial charge in [0.15, 0.2) is 0 Å². The van der Waals surface area contributed by atoms with Gasteiger partial charge in [-0.1, -0.05) is 0 Å². The zero-order valence-corrected chi connectivity index (χ0v) is 14.4. The second-order valence-electron chi connectivity index (χ2n) is 5.12. The zero-order valence-electron chi connectivity index (χ0n) is 12.7. The molecule has 0 aliphatic heterocycles. The van der Waals surface area contributed by atoms with E-state index < -0.39 is 17.0 Å². The molecule has 0 bridgehead atoms. The van der Waals surface area contributed by atoms with E-state index in [2.05, 4.69) is 0 Å². The molecule has 2 aromatic rings. The Kier molecular flexibility index (Phi) is 6.17. The fourth-order valence-corrected chi connectivity index (χ4v) is 3.91. The van der Waals surface area contributed by atoms with Crippen molar-refractivity contribution in [1.82, 2.24) is 0 Å². The molecule has 2 aromatic carbocycles. The van der Waals surface area contributed by atoms with Gasteiger partial charge in [-0.3, -0.25) is 0 Å². The molecular weight excluding hydrogens is 346 g/mol. The molecule has 0 aliphatic rings. The monoisotopic (exact) mass is 366 g/mol. The van der Waals surface area contributed by atoms with E-state index in [1.54, 1.807) is 0 Å². The molecule has 2 unspecified atom stereocenters. The summed E-state index contributed by atoms with van der Waals surface area (Å²) in [7, 11) is 0. The van der Waals surface area contributed by atoms with Gasteiger partial charge in [-0.05, 0) is 0 Å². The van der Waals surface area contributed by atoms with Gasteiger partial charge in [0.1, 0.15) is 0 Å². The van der Waals surface area contributed by atoms with Crippen molar-refractivity contribution in [3.05, 3.63) is 65.7 Å². The fourth-order valence-electron chi connectivity index (χ4n) is 1.90. The average Bonchev–Trinajstić information content (AvgIpc) is 2.52. The van der Waals surface area contributed by atoms with Gasteiger partial charge in [0.05, 0.1) is 0 Å². The van der Waals surface area contributed by atoms with E-state index in [1.807, 2.05) is 61.5 Å². The number of carbonyl (C=O) groups excluding carboxylic acids is 1. The summed E-state index contributed by atoms with van der Waals surface area (Å²) < 4.78 is 20.1. The van der Waals surface area contributed by atoms with E-state index in [0.717, 1.165) is 15.6 Å². The number of rotatable bonds is 6. The number of alkyl halides is 1. The third-order valence-corrected chi connectivity index (χ3v) is 6.02. The molecule has 0 heterocycles. The second kappa shape index (κ2) is 8.11. The molecule has 0 fully saturated rings. The van der Waals surface area contributed by atoms with Gasteiger partial charge in [0, 0.05) is 0 Å². The first-order valence-corrected chi connectivity index (χ1v) is 8.99. The summed E-state index contributed by atoms with van der Waals surface area (Å²) >= 11 is -0.278. The molecule has 0 saturated carbocycles. The molecule has 0 N–H and O–H groups in total. The van der Waals surface area contributed by atoms with E-state index in [1.165, 1.54) is 6.92 Å². The van der Waals surface area contributed by atoms with Crippen LogP contribution in [0, 0.1) is 6.92 Å². The van der Waals surface area contributed by atoms with E-state index in [0.29, 0.717) is 0 Å². The Balaban J connectivity index is 1.96. The number of halogens is 1. The Hall–Kier alpha value is -1.64. The maximum absolute atomic E-state index is 13.8. The number of ether oxygens (including phenoxy) is 1. The molecule has 0 saturated heterocycles. The summed E-state index contributed by atoms with van der Waals surface area (Å²) in [5, 5.41) is 0. The number of hydrogen-bond donors (Lipinski definition) is 0. The second-order valence-corrected chi connectivity index (χ2v) is 7.67. The molecule has 22 heavy (non-hydrogen) atoms. The maximum atomic E-state index is 13.8. The van der Waals surface area contributed by atoms with E-state index in [-0.39, 0.29) is 21.6 Å². The molecule has 116 valence electrons. The number of benzene rings is 2. The van der Waals surface area contributed by atoms with E-state index in [4.69, 9.17) is 4.74 Å². The standard InChI is InChI=1S/C18H19FO2Se/c1-13-8-10-15(11-9-13)12-21-18(20)17(14(2)19)22-16-6-4-3-5-7-16/h3-11,14,17H,12H2,1-2H3. The molecule has 4 heteroatoms. The van der Waals surface area contributed by atoms with E-state index in [9.17, 15) is 9.18 Å². The van der Waals surface area contributed by atoms with Gasteiger partial charge in [0.25, 0.3) is 0 Å². The molecule has 0 amide bonds. The summed E-state index contributed by atoms with van der Waals surface area (Å²) in [5.74, 6) is -0.459. The van der Waals surface area contributed by atoms with Gasteiger partial charge in [-0.15, -0.1) is 0 Å². The van der Waals surface area contributed by atoms with Crippen molar-refractivity contribution in [2.75, 3.05) is 0 Å². The van der Waals surface area contributed by atoms with Crippen LogP contribution in [0.1, 0.15) is 18.1 Å². The third kappa shape index (κ3) is 4.97. The summed E-state index contributed by atoms with van der Waals surface area (Å²) in [6.45, 7) is 3.61. The van der Waals surface area contributed by atoms with Crippen molar-refractivity contribution in [1.29, 1.82) is 0 Å². The van der Waals surface area contributed by atoms with Crippen LogP contribution in [-0.4, -0.2) is 27.1 Å². The van der Waals surface area contributed by atoms with Crippen LogP contribution in [0.5, 0.6) is 0 Å². The molecule has 0 radical (unpaired) electrons. The van der Waals surface area contributed by atoms with Crippen LogP contribution in [0.15, 0.2) is 54.6 Å². The Labute approximate surface area is 136 Å². The van der Waals surface area contributed by atoms with Crippen LogP contribution in [0.3, 0.4) is 0 Å². The quantitative estimate of drug-likeness (QED) is 0.581. The number of esters is 1. The minimum absolute atomic E-state index is 0.188. The van der Waals surface area contributed by atoms with Crippen molar-refractivity contribution in [3.8, 4) is 0 Å². The Morgan fingerprint density at radius 1 is 1.14 bits per heavy atom. The van der Waals surface area contributed by atoms with Crippen molar-refractivity contribution in [2.24, 2.45) is 0 Å². The van der Waals surface area contributed by atoms with Crippen molar-refractivity contribution in [3.63, 3.8) is 0 Å². The van der Waals surface area contributed by atoms with Gasteiger partial charge >= 0.3 is 136 Å². The van der Waals surface area contributed by atoms with Gasteiger partial charge in [0.2, 0.25) is 0 Å². The zero-order chi connectivity index (χ0) is 15.9. The fraction of sp³-hybridized carbons (Fsp3) is 0.278. The molecule has 2 nitrogen and oxygen atoms in total. The Morgan fingerprint density at radius 2 is 1.77 bits per heavy atom. The molecule has 2 atom stereocenters. The minimum atomic E-state index is -1.22. The molecule has 0 aliphatic carbocycles. The van der Waals surface area contributed by atoms with Crippen LogP contribution >= 0.6 is 0 Å². The Bertz CT molecular complexity index is 596. The molecule has 2 rings (SSSR count).